The Balaban J connectivity index is 4.38. The zero-order valence-electron chi connectivity index (χ0n) is 33.2. The van der Waals surface area contributed by atoms with Crippen molar-refractivity contribution in [3.8, 4) is 0 Å². The first-order chi connectivity index (χ1) is 25.6. The number of nitrogens with two attached hydrogens (primary N) is 1. The molecule has 1 unspecified atom stereocenters. The standard InChI is InChI=1S/C37H75N4O10PS/c1-4-6-8-10-12-14-16-18-20-40-36(43)50-30-33(51-37(44)41-21-19-17-15-13-11-9-7-5-2)31-53-32-34(38)35(42)39-22-23-47-24-25-48-26-27-49-28-29-52(3,45)46/h33-34H,4-32,38H2,1-3H3,(H,39,42)(H,40,43)(H,41,44)(H,45,46)/t33-,34+/m1/s1. The van der Waals surface area contributed by atoms with Gasteiger partial charge in [0.25, 0.3) is 0 Å². The lowest BCUT2D eigenvalue weighted by Crippen LogP contribution is -2.43. The minimum Gasteiger partial charge on any atom is -0.446 e. The summed E-state index contributed by atoms with van der Waals surface area (Å²) in [6, 6.07) is -0.789. The van der Waals surface area contributed by atoms with Gasteiger partial charge in [0.05, 0.1) is 45.7 Å². The Bertz CT molecular complexity index is 934. The highest BCUT2D eigenvalue weighted by Gasteiger charge is 2.20. The van der Waals surface area contributed by atoms with Crippen LogP contribution in [0.3, 0.4) is 0 Å². The molecule has 0 aromatic carbocycles. The number of ether oxygens (including phenoxy) is 5. The molecule has 0 saturated heterocycles. The largest absolute Gasteiger partial charge is 0.446 e. The van der Waals surface area contributed by atoms with E-state index < -0.39 is 31.7 Å². The second-order valence-electron chi connectivity index (χ2n) is 13.5. The number of amides is 3. The van der Waals surface area contributed by atoms with E-state index in [0.717, 1.165) is 38.5 Å². The van der Waals surface area contributed by atoms with Crippen LogP contribution >= 0.6 is 19.1 Å². The van der Waals surface area contributed by atoms with E-state index in [4.69, 9.17) is 29.4 Å². The second kappa shape index (κ2) is 37.3. The van der Waals surface area contributed by atoms with Crippen molar-refractivity contribution < 1.29 is 47.5 Å². The fourth-order valence-electron chi connectivity index (χ4n) is 4.98. The van der Waals surface area contributed by atoms with Gasteiger partial charge < -0.3 is 50.3 Å². The summed E-state index contributed by atoms with van der Waals surface area (Å²) in [5.74, 6) is 0.249. The number of hydrogen-bond donors (Lipinski definition) is 5. The molecule has 0 spiro atoms. The maximum Gasteiger partial charge on any atom is 0.407 e. The molecule has 0 bridgehead atoms. The van der Waals surface area contributed by atoms with Gasteiger partial charge in [-0.15, -0.1) is 0 Å². The van der Waals surface area contributed by atoms with Crippen molar-refractivity contribution >= 4 is 37.2 Å². The Morgan fingerprint density at radius 2 is 1.11 bits per heavy atom. The first-order valence-corrected chi connectivity index (χ1v) is 23.5. The number of unbranched alkanes of at least 4 members (excludes halogenated alkanes) is 14. The molecule has 0 aromatic rings. The van der Waals surface area contributed by atoms with Crippen LogP contribution < -0.4 is 21.7 Å². The van der Waals surface area contributed by atoms with Gasteiger partial charge in [-0.3, -0.25) is 9.36 Å². The van der Waals surface area contributed by atoms with Crippen LogP contribution in [0.2, 0.25) is 0 Å². The van der Waals surface area contributed by atoms with Gasteiger partial charge in [-0.25, -0.2) is 9.59 Å². The maximum absolute atomic E-state index is 12.5. The van der Waals surface area contributed by atoms with Gasteiger partial charge in [-0.2, -0.15) is 11.8 Å². The van der Waals surface area contributed by atoms with E-state index >= 15 is 0 Å². The molecule has 3 amide bonds. The van der Waals surface area contributed by atoms with Crippen LogP contribution in [-0.2, 0) is 33.0 Å². The van der Waals surface area contributed by atoms with Crippen LogP contribution in [0, 0.1) is 0 Å². The molecule has 0 aliphatic rings. The lowest BCUT2D eigenvalue weighted by atomic mass is 10.1. The Labute approximate surface area is 324 Å². The molecule has 0 radical (unpaired) electrons. The van der Waals surface area contributed by atoms with E-state index in [1.54, 1.807) is 0 Å². The molecule has 16 heteroatoms. The maximum atomic E-state index is 12.5. The number of hydrogen-bond acceptors (Lipinski definition) is 11. The molecule has 314 valence electrons. The highest BCUT2D eigenvalue weighted by Crippen LogP contribution is 2.34. The van der Waals surface area contributed by atoms with Crippen molar-refractivity contribution in [3.05, 3.63) is 0 Å². The molecule has 0 saturated carbocycles. The van der Waals surface area contributed by atoms with Crippen molar-refractivity contribution in [1.82, 2.24) is 16.0 Å². The van der Waals surface area contributed by atoms with E-state index in [1.165, 1.54) is 82.6 Å². The molecule has 0 fully saturated rings. The summed E-state index contributed by atoms with van der Waals surface area (Å²) in [4.78, 5) is 46.6. The first-order valence-electron chi connectivity index (χ1n) is 20.1. The average molecular weight is 799 g/mol. The summed E-state index contributed by atoms with van der Waals surface area (Å²) in [7, 11) is -3.05. The van der Waals surface area contributed by atoms with Gasteiger partial charge in [0.15, 0.2) is 7.37 Å². The predicted molar refractivity (Wildman–Crippen MR) is 214 cm³/mol. The second-order valence-corrected chi connectivity index (χ2v) is 17.1. The number of nitrogens with one attached hydrogen (secondary N) is 3. The number of carbonyl (C=O) groups excluding carboxylic acids is 3. The Morgan fingerprint density at radius 1 is 0.642 bits per heavy atom. The quantitative estimate of drug-likeness (QED) is 0.0350. The van der Waals surface area contributed by atoms with Gasteiger partial charge in [0, 0.05) is 44.0 Å². The fraction of sp³-hybridized carbons (Fsp3) is 0.919. The van der Waals surface area contributed by atoms with E-state index in [-0.39, 0.29) is 44.2 Å². The zero-order valence-corrected chi connectivity index (χ0v) is 34.9. The van der Waals surface area contributed by atoms with Crippen LogP contribution in [0.5, 0.6) is 0 Å². The van der Waals surface area contributed by atoms with Crippen molar-refractivity contribution in [2.45, 2.75) is 129 Å². The zero-order chi connectivity index (χ0) is 39.3. The van der Waals surface area contributed by atoms with Gasteiger partial charge in [-0.1, -0.05) is 104 Å². The predicted octanol–water partition coefficient (Wildman–Crippen LogP) is 6.22. The first kappa shape index (κ1) is 51.4. The minimum atomic E-state index is -3.05. The molecule has 0 aliphatic heterocycles. The molecule has 3 atom stereocenters. The summed E-state index contributed by atoms with van der Waals surface area (Å²) in [6.07, 6.45) is 17.0. The molecule has 14 nitrogen and oxygen atoms in total. The number of rotatable bonds is 38. The Kier molecular flexibility index (Phi) is 36.2. The lowest BCUT2D eigenvalue weighted by Gasteiger charge is -2.19. The summed E-state index contributed by atoms with van der Waals surface area (Å²) in [5.41, 5.74) is 6.09. The summed E-state index contributed by atoms with van der Waals surface area (Å²) in [5, 5.41) is 8.33. The SMILES string of the molecule is CCCCCCCCCCNC(=O)OC[C@H](CSC[C@H](N)C(=O)NCCOCCOCCOCCP(C)(=O)O)OC(=O)NCCCCCCCCCC. The lowest BCUT2D eigenvalue weighted by molar-refractivity contribution is -0.122. The van der Waals surface area contributed by atoms with Crippen molar-refractivity contribution in [3.63, 3.8) is 0 Å². The normalized spacial score (nSPS) is 13.5. The van der Waals surface area contributed by atoms with Crippen molar-refractivity contribution in [1.29, 1.82) is 0 Å². The van der Waals surface area contributed by atoms with Gasteiger partial charge in [-0.05, 0) is 12.8 Å². The number of thioether (sulfide) groups is 1. The Morgan fingerprint density at radius 3 is 1.64 bits per heavy atom. The monoisotopic (exact) mass is 798 g/mol. The minimum absolute atomic E-state index is 0.108. The highest BCUT2D eigenvalue weighted by atomic mass is 32.2. The molecule has 0 aliphatic carbocycles. The average Bonchev–Trinajstić information content (AvgIpc) is 3.12. The molecular weight excluding hydrogens is 723 g/mol. The van der Waals surface area contributed by atoms with E-state index in [2.05, 4.69) is 29.8 Å². The third kappa shape index (κ3) is 38.5. The molecule has 0 rings (SSSR count). The fourth-order valence-corrected chi connectivity index (χ4v) is 6.42. The van der Waals surface area contributed by atoms with Crippen LogP contribution in [0.15, 0.2) is 0 Å². The summed E-state index contributed by atoms with van der Waals surface area (Å²) in [6.45, 7) is 8.80. The highest BCUT2D eigenvalue weighted by molar-refractivity contribution is 7.99. The smallest absolute Gasteiger partial charge is 0.407 e. The van der Waals surface area contributed by atoms with E-state index in [0.29, 0.717) is 45.3 Å². The van der Waals surface area contributed by atoms with Crippen molar-refractivity contribution in [2.24, 2.45) is 5.73 Å². The summed E-state index contributed by atoms with van der Waals surface area (Å²) < 4.78 is 38.3. The molecular formula is C37H75N4O10PS. The number of alkyl carbamates (subject to hydrolysis) is 2. The molecule has 6 N–H and O–H groups in total. The van der Waals surface area contributed by atoms with Gasteiger partial charge in [0.2, 0.25) is 5.91 Å². The molecule has 0 aromatic heterocycles. The van der Waals surface area contributed by atoms with Crippen molar-refractivity contribution in [2.75, 3.05) is 90.2 Å². The third-order valence-electron chi connectivity index (χ3n) is 8.15. The topological polar surface area (TPSA) is 197 Å². The van der Waals surface area contributed by atoms with E-state index in [1.807, 2.05) is 0 Å². The third-order valence-corrected chi connectivity index (χ3v) is 10.4. The number of carbonyl (C=O) groups is 3. The Hall–Kier alpha value is -1.61. The molecule has 53 heavy (non-hydrogen) atoms. The van der Waals surface area contributed by atoms with Crippen LogP contribution in [0.25, 0.3) is 0 Å². The summed E-state index contributed by atoms with van der Waals surface area (Å²) >= 11 is 1.34. The van der Waals surface area contributed by atoms with E-state index in [9.17, 15) is 23.8 Å². The van der Waals surface area contributed by atoms with Crippen LogP contribution in [0.4, 0.5) is 9.59 Å². The van der Waals surface area contributed by atoms with Gasteiger partial charge >= 0.3 is 12.2 Å². The van der Waals surface area contributed by atoms with Crippen LogP contribution in [0.1, 0.15) is 117 Å². The molecule has 0 heterocycles. The van der Waals surface area contributed by atoms with Crippen LogP contribution in [-0.4, -0.2) is 125 Å². The van der Waals surface area contributed by atoms with Gasteiger partial charge in [0.1, 0.15) is 12.7 Å².